The number of aromatic nitrogens is 2. The number of hydrogen-bond donors (Lipinski definition) is 2. The van der Waals surface area contributed by atoms with Crippen molar-refractivity contribution in [1.82, 2.24) is 9.97 Å². The summed E-state index contributed by atoms with van der Waals surface area (Å²) in [6.07, 6.45) is 0. The first kappa shape index (κ1) is 12.3. The highest BCUT2D eigenvalue weighted by molar-refractivity contribution is 7.22. The molecule has 7 heteroatoms. The highest BCUT2D eigenvalue weighted by atomic mass is 32.1. The molecule has 0 atom stereocenters. The molecule has 2 heterocycles. The second-order valence-electron chi connectivity index (χ2n) is 4.20. The van der Waals surface area contributed by atoms with Gasteiger partial charge in [0.2, 0.25) is 5.91 Å². The van der Waals surface area contributed by atoms with Gasteiger partial charge < -0.3 is 10.3 Å². The average molecular weight is 284 g/mol. The molecule has 3 aromatic rings. The van der Waals surface area contributed by atoms with Gasteiger partial charge in [0.15, 0.2) is 5.13 Å². The number of pyridine rings is 1. The van der Waals surface area contributed by atoms with Crippen molar-refractivity contribution in [2.75, 3.05) is 5.32 Å². The number of nitrogens with one attached hydrogen (secondary N) is 2. The Morgan fingerprint density at radius 3 is 3.00 bits per heavy atom. The number of H-pyrrole nitrogens is 1. The van der Waals surface area contributed by atoms with Crippen molar-refractivity contribution >= 4 is 43.5 Å². The quantitative estimate of drug-likeness (QED) is 0.713. The second kappa shape index (κ2) is 4.43. The van der Waals surface area contributed by atoms with Crippen molar-refractivity contribution in [2.45, 2.75) is 6.92 Å². The predicted octanol–water partition coefficient (Wildman–Crippen LogP) is 1.97. The molecule has 98 valence electrons. The van der Waals surface area contributed by atoms with Crippen LogP contribution in [0.4, 0.5) is 5.13 Å². The number of hydrogen-bond acceptors (Lipinski definition) is 5. The molecule has 1 amide bonds. The number of anilines is 1. The minimum atomic E-state index is -0.420. The van der Waals surface area contributed by atoms with Crippen molar-refractivity contribution in [3.8, 4) is 6.07 Å². The molecule has 0 bridgehead atoms. The molecule has 3 rings (SSSR count). The lowest BCUT2D eigenvalue weighted by molar-refractivity contribution is -0.114. The van der Waals surface area contributed by atoms with E-state index in [4.69, 9.17) is 5.26 Å². The molecule has 0 fully saturated rings. The molecule has 0 aliphatic carbocycles. The van der Waals surface area contributed by atoms with Crippen molar-refractivity contribution in [3.63, 3.8) is 0 Å². The summed E-state index contributed by atoms with van der Waals surface area (Å²) in [7, 11) is 0. The van der Waals surface area contributed by atoms with Gasteiger partial charge in [0.1, 0.15) is 11.6 Å². The number of benzene rings is 1. The van der Waals surface area contributed by atoms with Gasteiger partial charge in [0.25, 0.3) is 5.56 Å². The molecular weight excluding hydrogens is 276 g/mol. The van der Waals surface area contributed by atoms with Crippen LogP contribution < -0.4 is 10.9 Å². The van der Waals surface area contributed by atoms with Crippen molar-refractivity contribution < 1.29 is 4.79 Å². The summed E-state index contributed by atoms with van der Waals surface area (Å²) in [6, 6.07) is 6.96. The van der Waals surface area contributed by atoms with Crippen LogP contribution in [0.3, 0.4) is 0 Å². The SMILES string of the molecule is CC(=O)Nc1nc2c(ccc3[nH]c(=O)c(C#N)cc32)s1. The Balaban J connectivity index is 2.34. The number of carbonyl (C=O) groups is 1. The average Bonchev–Trinajstić information content (AvgIpc) is 2.79. The zero-order valence-electron chi connectivity index (χ0n) is 10.4. The normalized spacial score (nSPS) is 10.6. The van der Waals surface area contributed by atoms with E-state index in [1.165, 1.54) is 24.3 Å². The van der Waals surface area contributed by atoms with Crippen LogP contribution in [0, 0.1) is 11.3 Å². The maximum absolute atomic E-state index is 11.6. The van der Waals surface area contributed by atoms with Crippen LogP contribution in [0.15, 0.2) is 23.0 Å². The first-order valence-corrected chi connectivity index (χ1v) is 6.54. The lowest BCUT2D eigenvalue weighted by Crippen LogP contribution is -2.09. The summed E-state index contributed by atoms with van der Waals surface area (Å²) in [5, 5.41) is 12.7. The maximum atomic E-state index is 11.6. The minimum Gasteiger partial charge on any atom is -0.321 e. The van der Waals surface area contributed by atoms with Gasteiger partial charge in [0.05, 0.1) is 15.7 Å². The van der Waals surface area contributed by atoms with E-state index < -0.39 is 5.56 Å². The fraction of sp³-hybridized carbons (Fsp3) is 0.0769. The fourth-order valence-electron chi connectivity index (χ4n) is 1.96. The van der Waals surface area contributed by atoms with E-state index in [-0.39, 0.29) is 11.5 Å². The van der Waals surface area contributed by atoms with Crippen LogP contribution in [-0.2, 0) is 4.79 Å². The van der Waals surface area contributed by atoms with E-state index in [9.17, 15) is 9.59 Å². The molecule has 1 aromatic carbocycles. The molecule has 0 radical (unpaired) electrons. The molecule has 0 spiro atoms. The summed E-state index contributed by atoms with van der Waals surface area (Å²) in [4.78, 5) is 29.7. The van der Waals surface area contributed by atoms with Crippen LogP contribution in [0.25, 0.3) is 21.1 Å². The number of carbonyl (C=O) groups excluding carboxylic acids is 1. The first-order chi connectivity index (χ1) is 9.58. The van der Waals surface area contributed by atoms with E-state index in [2.05, 4.69) is 15.3 Å². The molecule has 6 nitrogen and oxygen atoms in total. The molecule has 2 N–H and O–H groups in total. The number of amides is 1. The summed E-state index contributed by atoms with van der Waals surface area (Å²) >= 11 is 1.34. The Labute approximate surface area is 116 Å². The zero-order chi connectivity index (χ0) is 14.3. The van der Waals surface area contributed by atoms with Crippen LogP contribution in [-0.4, -0.2) is 15.9 Å². The minimum absolute atomic E-state index is 0.0408. The predicted molar refractivity (Wildman–Crippen MR) is 76.8 cm³/mol. The van der Waals surface area contributed by atoms with Gasteiger partial charge in [-0.3, -0.25) is 9.59 Å². The monoisotopic (exact) mass is 284 g/mol. The highest BCUT2D eigenvalue weighted by Crippen LogP contribution is 2.30. The van der Waals surface area contributed by atoms with E-state index in [0.29, 0.717) is 21.6 Å². The number of aromatic amines is 1. The van der Waals surface area contributed by atoms with Gasteiger partial charge in [-0.25, -0.2) is 4.98 Å². The van der Waals surface area contributed by atoms with Crippen LogP contribution in [0.1, 0.15) is 12.5 Å². The third kappa shape index (κ3) is 1.92. The van der Waals surface area contributed by atoms with Crippen molar-refractivity contribution in [2.24, 2.45) is 0 Å². The largest absolute Gasteiger partial charge is 0.321 e. The molecular formula is C13H8N4O2S. The molecule has 0 aliphatic rings. The first-order valence-electron chi connectivity index (χ1n) is 5.73. The molecule has 0 aliphatic heterocycles. The molecule has 20 heavy (non-hydrogen) atoms. The number of rotatable bonds is 1. The highest BCUT2D eigenvalue weighted by Gasteiger charge is 2.10. The van der Waals surface area contributed by atoms with E-state index in [1.807, 2.05) is 12.1 Å². The Morgan fingerprint density at radius 1 is 1.50 bits per heavy atom. The topological polar surface area (TPSA) is 98.6 Å². The van der Waals surface area contributed by atoms with Crippen LogP contribution >= 0.6 is 11.3 Å². The lowest BCUT2D eigenvalue weighted by Gasteiger charge is -1.98. The number of thiazole rings is 1. The van der Waals surface area contributed by atoms with Gasteiger partial charge in [-0.1, -0.05) is 11.3 Å². The van der Waals surface area contributed by atoms with E-state index in [1.54, 1.807) is 6.07 Å². The Morgan fingerprint density at radius 2 is 2.30 bits per heavy atom. The summed E-state index contributed by atoms with van der Waals surface area (Å²) in [5.41, 5.74) is 0.890. The van der Waals surface area contributed by atoms with Crippen LogP contribution in [0.5, 0.6) is 0 Å². The van der Waals surface area contributed by atoms with Gasteiger partial charge in [0, 0.05) is 12.3 Å². The summed E-state index contributed by atoms with van der Waals surface area (Å²) in [6.45, 7) is 1.41. The van der Waals surface area contributed by atoms with Crippen LogP contribution in [0.2, 0.25) is 0 Å². The smallest absolute Gasteiger partial charge is 0.266 e. The Bertz CT molecular complexity index is 949. The van der Waals surface area contributed by atoms with E-state index >= 15 is 0 Å². The Kier molecular flexibility index (Phi) is 2.73. The van der Waals surface area contributed by atoms with Gasteiger partial charge >= 0.3 is 0 Å². The molecule has 0 saturated heterocycles. The van der Waals surface area contributed by atoms with Crippen molar-refractivity contribution in [1.29, 1.82) is 5.26 Å². The third-order valence-electron chi connectivity index (χ3n) is 2.78. The van der Waals surface area contributed by atoms with Crippen molar-refractivity contribution in [3.05, 3.63) is 34.1 Å². The number of nitrogens with zero attached hydrogens (tertiary/aromatic N) is 2. The van der Waals surface area contributed by atoms with Gasteiger partial charge in [-0.2, -0.15) is 5.26 Å². The zero-order valence-corrected chi connectivity index (χ0v) is 11.2. The molecule has 0 unspecified atom stereocenters. The lowest BCUT2D eigenvalue weighted by atomic mass is 10.1. The third-order valence-corrected chi connectivity index (χ3v) is 3.72. The number of nitriles is 1. The summed E-state index contributed by atoms with van der Waals surface area (Å²) in [5.74, 6) is -0.195. The summed E-state index contributed by atoms with van der Waals surface area (Å²) < 4.78 is 0.872. The van der Waals surface area contributed by atoms with E-state index in [0.717, 1.165) is 4.70 Å². The second-order valence-corrected chi connectivity index (χ2v) is 5.23. The maximum Gasteiger partial charge on any atom is 0.266 e. The molecule has 0 saturated carbocycles. The van der Waals surface area contributed by atoms with Gasteiger partial charge in [-0.05, 0) is 18.2 Å². The molecule has 2 aromatic heterocycles. The standard InChI is InChI=1S/C13H8N4O2S/c1-6(18)15-13-17-11-8-4-7(5-14)12(19)16-9(8)2-3-10(11)20-13/h2-4H,1H3,(H,16,19)(H,15,17,18). The Hall–Kier alpha value is -2.72. The van der Waals surface area contributed by atoms with Gasteiger partial charge in [-0.15, -0.1) is 0 Å². The fourth-order valence-corrected chi connectivity index (χ4v) is 2.88. The number of fused-ring (bicyclic) bond motifs is 3.